The van der Waals surface area contributed by atoms with Crippen molar-refractivity contribution < 1.29 is 9.53 Å². The van der Waals surface area contributed by atoms with Gasteiger partial charge in [-0.2, -0.15) is 0 Å². The number of nitrogens with one attached hydrogen (secondary N) is 1. The molecule has 0 aliphatic carbocycles. The minimum Gasteiger partial charge on any atom is -0.466 e. The Hall–Kier alpha value is -2.13. The van der Waals surface area contributed by atoms with Crippen LogP contribution in [0.15, 0.2) is 60.7 Å². The van der Waals surface area contributed by atoms with E-state index in [1.807, 2.05) is 55.5 Å². The Morgan fingerprint density at radius 3 is 2.29 bits per heavy atom. The molecule has 0 aliphatic heterocycles. The van der Waals surface area contributed by atoms with Gasteiger partial charge in [-0.1, -0.05) is 60.7 Å². The number of hydrogen-bond donors (Lipinski definition) is 1. The number of rotatable bonds is 7. The molecule has 2 aromatic rings. The second-order valence-electron chi connectivity index (χ2n) is 4.84. The smallest absolute Gasteiger partial charge is 0.307 e. The van der Waals surface area contributed by atoms with Gasteiger partial charge in [-0.3, -0.25) is 4.79 Å². The minimum absolute atomic E-state index is 0.0366. The third kappa shape index (κ3) is 5.04. The van der Waals surface area contributed by atoms with Crippen molar-refractivity contribution in [2.24, 2.45) is 0 Å². The fourth-order valence-electron chi connectivity index (χ4n) is 2.22. The first-order valence-corrected chi connectivity index (χ1v) is 7.27. The van der Waals surface area contributed by atoms with Crippen LogP contribution >= 0.6 is 0 Å². The molecule has 1 atom stereocenters. The highest BCUT2D eigenvalue weighted by molar-refractivity contribution is 5.70. The largest absolute Gasteiger partial charge is 0.466 e. The van der Waals surface area contributed by atoms with Crippen LogP contribution < -0.4 is 5.32 Å². The average molecular weight is 283 g/mol. The zero-order valence-electron chi connectivity index (χ0n) is 12.3. The predicted molar refractivity (Wildman–Crippen MR) is 83.7 cm³/mol. The first-order chi connectivity index (χ1) is 10.3. The summed E-state index contributed by atoms with van der Waals surface area (Å²) in [6.45, 7) is 2.96. The molecule has 0 saturated heterocycles. The van der Waals surface area contributed by atoms with Crippen molar-refractivity contribution in [3.8, 4) is 0 Å². The zero-order valence-corrected chi connectivity index (χ0v) is 12.3. The molecule has 3 nitrogen and oxygen atoms in total. The van der Waals surface area contributed by atoms with Crippen molar-refractivity contribution in [2.45, 2.75) is 25.9 Å². The van der Waals surface area contributed by atoms with Gasteiger partial charge in [0.1, 0.15) is 0 Å². The fourth-order valence-corrected chi connectivity index (χ4v) is 2.22. The number of benzene rings is 2. The third-order valence-corrected chi connectivity index (χ3v) is 3.27. The molecule has 0 saturated carbocycles. The molecule has 0 amide bonds. The van der Waals surface area contributed by atoms with Gasteiger partial charge in [0, 0.05) is 12.6 Å². The highest BCUT2D eigenvalue weighted by Crippen LogP contribution is 2.18. The van der Waals surface area contributed by atoms with Gasteiger partial charge >= 0.3 is 5.97 Å². The van der Waals surface area contributed by atoms with E-state index >= 15 is 0 Å². The maximum absolute atomic E-state index is 11.8. The van der Waals surface area contributed by atoms with Crippen LogP contribution in [0.25, 0.3) is 0 Å². The van der Waals surface area contributed by atoms with Gasteiger partial charge in [0.15, 0.2) is 0 Å². The van der Waals surface area contributed by atoms with E-state index in [1.54, 1.807) is 0 Å². The SMILES string of the molecule is CCOC(=O)C[C@H](NCc1ccccc1)c1ccccc1. The van der Waals surface area contributed by atoms with Crippen LogP contribution in [0.5, 0.6) is 0 Å². The van der Waals surface area contributed by atoms with E-state index < -0.39 is 0 Å². The van der Waals surface area contributed by atoms with Crippen LogP contribution in [-0.4, -0.2) is 12.6 Å². The normalized spacial score (nSPS) is 11.9. The first kappa shape index (κ1) is 15.3. The molecule has 1 N–H and O–H groups in total. The van der Waals surface area contributed by atoms with Crippen molar-refractivity contribution in [3.63, 3.8) is 0 Å². The summed E-state index contributed by atoms with van der Waals surface area (Å²) in [6.07, 6.45) is 0.338. The van der Waals surface area contributed by atoms with Crippen LogP contribution in [0.3, 0.4) is 0 Å². The molecule has 2 rings (SSSR count). The lowest BCUT2D eigenvalue weighted by molar-refractivity contribution is -0.143. The van der Waals surface area contributed by atoms with E-state index in [9.17, 15) is 4.79 Å². The molecule has 2 aromatic carbocycles. The van der Waals surface area contributed by atoms with Crippen LogP contribution in [0.4, 0.5) is 0 Å². The van der Waals surface area contributed by atoms with E-state index in [-0.39, 0.29) is 12.0 Å². The van der Waals surface area contributed by atoms with Crippen LogP contribution in [-0.2, 0) is 16.1 Å². The van der Waals surface area contributed by atoms with Crippen LogP contribution in [0.1, 0.15) is 30.5 Å². The molecular formula is C18H21NO2. The van der Waals surface area contributed by atoms with Gasteiger partial charge in [-0.25, -0.2) is 0 Å². The Bertz CT molecular complexity index is 540. The first-order valence-electron chi connectivity index (χ1n) is 7.27. The fraction of sp³-hybridized carbons (Fsp3) is 0.278. The molecule has 0 heterocycles. The Morgan fingerprint density at radius 1 is 1.05 bits per heavy atom. The van der Waals surface area contributed by atoms with Crippen molar-refractivity contribution in [1.82, 2.24) is 5.32 Å². The lowest BCUT2D eigenvalue weighted by Crippen LogP contribution is -2.24. The molecular weight excluding hydrogens is 262 g/mol. The lowest BCUT2D eigenvalue weighted by Gasteiger charge is -2.18. The molecule has 0 radical (unpaired) electrons. The highest BCUT2D eigenvalue weighted by atomic mass is 16.5. The standard InChI is InChI=1S/C18H21NO2/c1-2-21-18(20)13-17(16-11-7-4-8-12-16)19-14-15-9-5-3-6-10-15/h3-12,17,19H,2,13-14H2,1H3/t17-/m0/s1. The molecule has 21 heavy (non-hydrogen) atoms. The lowest BCUT2D eigenvalue weighted by atomic mass is 10.0. The number of carbonyl (C=O) groups excluding carboxylic acids is 1. The number of esters is 1. The Balaban J connectivity index is 2.03. The van der Waals surface area contributed by atoms with Gasteiger partial charge in [0.25, 0.3) is 0 Å². The quantitative estimate of drug-likeness (QED) is 0.791. The Morgan fingerprint density at radius 2 is 1.67 bits per heavy atom. The van der Waals surface area contributed by atoms with E-state index in [0.29, 0.717) is 13.0 Å². The van der Waals surface area contributed by atoms with Crippen molar-refractivity contribution in [3.05, 3.63) is 71.8 Å². The Kier molecular flexibility index (Phi) is 5.98. The molecule has 0 spiro atoms. The summed E-state index contributed by atoms with van der Waals surface area (Å²) in [4.78, 5) is 11.8. The monoisotopic (exact) mass is 283 g/mol. The number of carbonyl (C=O) groups is 1. The Labute approximate surface area is 126 Å². The van der Waals surface area contributed by atoms with E-state index in [1.165, 1.54) is 5.56 Å². The van der Waals surface area contributed by atoms with E-state index in [0.717, 1.165) is 12.1 Å². The predicted octanol–water partition coefficient (Wildman–Crippen LogP) is 3.47. The molecule has 0 bridgehead atoms. The van der Waals surface area contributed by atoms with Crippen molar-refractivity contribution in [1.29, 1.82) is 0 Å². The van der Waals surface area contributed by atoms with E-state index in [2.05, 4.69) is 17.4 Å². The summed E-state index contributed by atoms with van der Waals surface area (Å²) in [7, 11) is 0. The van der Waals surface area contributed by atoms with Gasteiger partial charge < -0.3 is 10.1 Å². The summed E-state index contributed by atoms with van der Waals surface area (Å²) in [5.74, 6) is -0.174. The maximum atomic E-state index is 11.8. The summed E-state index contributed by atoms with van der Waals surface area (Å²) < 4.78 is 5.07. The molecule has 0 unspecified atom stereocenters. The minimum atomic E-state index is -0.174. The zero-order chi connectivity index (χ0) is 14.9. The second-order valence-corrected chi connectivity index (χ2v) is 4.84. The molecule has 0 fully saturated rings. The van der Waals surface area contributed by atoms with Gasteiger partial charge in [0.2, 0.25) is 0 Å². The van der Waals surface area contributed by atoms with Crippen molar-refractivity contribution in [2.75, 3.05) is 6.61 Å². The van der Waals surface area contributed by atoms with Crippen molar-refractivity contribution >= 4 is 5.97 Å². The molecule has 0 aliphatic rings. The summed E-state index contributed by atoms with van der Waals surface area (Å²) >= 11 is 0. The van der Waals surface area contributed by atoms with Crippen LogP contribution in [0, 0.1) is 0 Å². The molecule has 110 valence electrons. The second kappa shape index (κ2) is 8.22. The van der Waals surface area contributed by atoms with Gasteiger partial charge in [-0.05, 0) is 18.1 Å². The maximum Gasteiger partial charge on any atom is 0.307 e. The van der Waals surface area contributed by atoms with E-state index in [4.69, 9.17) is 4.74 Å². The summed E-state index contributed by atoms with van der Waals surface area (Å²) in [5, 5.41) is 3.44. The number of hydrogen-bond acceptors (Lipinski definition) is 3. The van der Waals surface area contributed by atoms with Gasteiger partial charge in [0.05, 0.1) is 13.0 Å². The summed E-state index contributed by atoms with van der Waals surface area (Å²) in [5.41, 5.74) is 2.30. The summed E-state index contributed by atoms with van der Waals surface area (Å²) in [6, 6.07) is 20.1. The third-order valence-electron chi connectivity index (χ3n) is 3.27. The van der Waals surface area contributed by atoms with Crippen LogP contribution in [0.2, 0.25) is 0 Å². The number of ether oxygens (including phenoxy) is 1. The molecule has 3 heteroatoms. The molecule has 0 aromatic heterocycles. The van der Waals surface area contributed by atoms with Gasteiger partial charge in [-0.15, -0.1) is 0 Å². The topological polar surface area (TPSA) is 38.3 Å². The highest BCUT2D eigenvalue weighted by Gasteiger charge is 2.16. The average Bonchev–Trinajstić information content (AvgIpc) is 2.53.